The molecule has 0 bridgehead atoms. The Bertz CT molecular complexity index is 496. The van der Waals surface area contributed by atoms with Gasteiger partial charge in [0, 0.05) is 11.8 Å². The Hall–Kier alpha value is -0.910. The summed E-state index contributed by atoms with van der Waals surface area (Å²) in [5.41, 5.74) is 8.36. The van der Waals surface area contributed by atoms with Crippen LogP contribution in [0, 0.1) is 13.8 Å². The first kappa shape index (κ1) is 12.5. The first-order valence-electron chi connectivity index (χ1n) is 5.42. The number of aromatic nitrogens is 2. The number of hydrogen-bond donors (Lipinski definition) is 1. The Morgan fingerprint density at radius 1 is 1.35 bits per heavy atom. The van der Waals surface area contributed by atoms with Gasteiger partial charge in [0.2, 0.25) is 0 Å². The standard InChI is InChI=1S/C12H15N3S2/c1-8-4-3-5-10(6-8)11(7-13)17-12-15-14-9(2)16-12/h3-6,11H,7,13H2,1-2H3. The number of hydrogen-bond acceptors (Lipinski definition) is 5. The lowest BCUT2D eigenvalue weighted by Crippen LogP contribution is -2.09. The molecule has 1 aromatic carbocycles. The van der Waals surface area contributed by atoms with Crippen LogP contribution in [-0.4, -0.2) is 16.7 Å². The highest BCUT2D eigenvalue weighted by molar-refractivity contribution is 8.01. The fourth-order valence-electron chi connectivity index (χ4n) is 1.57. The van der Waals surface area contributed by atoms with Crippen molar-refractivity contribution in [1.29, 1.82) is 0 Å². The van der Waals surface area contributed by atoms with Crippen LogP contribution in [0.5, 0.6) is 0 Å². The van der Waals surface area contributed by atoms with Gasteiger partial charge in [0.15, 0.2) is 4.34 Å². The third-order valence-corrected chi connectivity index (χ3v) is 4.58. The fourth-order valence-corrected chi connectivity index (χ4v) is 3.60. The van der Waals surface area contributed by atoms with Crippen LogP contribution in [0.1, 0.15) is 21.4 Å². The minimum Gasteiger partial charge on any atom is -0.329 e. The zero-order valence-electron chi connectivity index (χ0n) is 9.88. The van der Waals surface area contributed by atoms with Gasteiger partial charge in [-0.1, -0.05) is 52.9 Å². The third kappa shape index (κ3) is 3.28. The number of nitrogens with two attached hydrogens (primary N) is 1. The molecule has 0 spiro atoms. The van der Waals surface area contributed by atoms with E-state index in [1.807, 2.05) is 6.92 Å². The van der Waals surface area contributed by atoms with E-state index in [-0.39, 0.29) is 5.25 Å². The van der Waals surface area contributed by atoms with E-state index >= 15 is 0 Å². The normalized spacial score (nSPS) is 12.6. The second-order valence-corrected chi connectivity index (χ2v) is 6.47. The zero-order valence-corrected chi connectivity index (χ0v) is 11.5. The van der Waals surface area contributed by atoms with E-state index in [4.69, 9.17) is 5.73 Å². The van der Waals surface area contributed by atoms with Crippen molar-refractivity contribution in [2.45, 2.75) is 23.4 Å². The van der Waals surface area contributed by atoms with Gasteiger partial charge >= 0.3 is 0 Å². The van der Waals surface area contributed by atoms with Crippen molar-refractivity contribution >= 4 is 23.1 Å². The molecular formula is C12H15N3S2. The van der Waals surface area contributed by atoms with E-state index in [1.165, 1.54) is 11.1 Å². The molecule has 0 fully saturated rings. The molecule has 1 aromatic heterocycles. The fraction of sp³-hybridized carbons (Fsp3) is 0.333. The number of nitrogens with zero attached hydrogens (tertiary/aromatic N) is 2. The third-order valence-electron chi connectivity index (χ3n) is 2.38. The molecule has 0 saturated heterocycles. The van der Waals surface area contributed by atoms with Gasteiger partial charge in [-0.25, -0.2) is 0 Å². The summed E-state index contributed by atoms with van der Waals surface area (Å²) >= 11 is 3.31. The molecule has 2 N–H and O–H groups in total. The first-order chi connectivity index (χ1) is 8.19. The lowest BCUT2D eigenvalue weighted by Gasteiger charge is -2.13. The van der Waals surface area contributed by atoms with E-state index in [9.17, 15) is 0 Å². The van der Waals surface area contributed by atoms with Crippen molar-refractivity contribution < 1.29 is 0 Å². The van der Waals surface area contributed by atoms with Crippen LogP contribution in [0.15, 0.2) is 28.6 Å². The average Bonchev–Trinajstić information content (AvgIpc) is 2.72. The van der Waals surface area contributed by atoms with Crippen LogP contribution in [0.3, 0.4) is 0 Å². The molecule has 0 radical (unpaired) electrons. The molecule has 1 atom stereocenters. The van der Waals surface area contributed by atoms with Gasteiger partial charge in [0.25, 0.3) is 0 Å². The maximum Gasteiger partial charge on any atom is 0.174 e. The molecule has 5 heteroatoms. The zero-order chi connectivity index (χ0) is 12.3. The number of thioether (sulfide) groups is 1. The summed E-state index contributed by atoms with van der Waals surface area (Å²) in [5.74, 6) is 0. The predicted molar refractivity (Wildman–Crippen MR) is 73.5 cm³/mol. The SMILES string of the molecule is Cc1cccc(C(CN)Sc2nnc(C)s2)c1. The van der Waals surface area contributed by atoms with Crippen LogP contribution in [0.2, 0.25) is 0 Å². The second kappa shape index (κ2) is 5.62. The second-order valence-electron chi connectivity index (χ2n) is 3.84. The number of rotatable bonds is 4. The molecule has 1 unspecified atom stereocenters. The van der Waals surface area contributed by atoms with Gasteiger partial charge in [0.1, 0.15) is 5.01 Å². The highest BCUT2D eigenvalue weighted by atomic mass is 32.2. The van der Waals surface area contributed by atoms with E-state index in [0.29, 0.717) is 6.54 Å². The van der Waals surface area contributed by atoms with Crippen molar-refractivity contribution in [2.75, 3.05) is 6.54 Å². The smallest absolute Gasteiger partial charge is 0.174 e. The van der Waals surface area contributed by atoms with Crippen LogP contribution >= 0.6 is 23.1 Å². The molecule has 0 aliphatic rings. The van der Waals surface area contributed by atoms with Gasteiger partial charge in [-0.05, 0) is 19.4 Å². The van der Waals surface area contributed by atoms with Gasteiger partial charge in [-0.2, -0.15) is 0 Å². The van der Waals surface area contributed by atoms with Gasteiger partial charge in [0.05, 0.1) is 0 Å². The Balaban J connectivity index is 2.16. The van der Waals surface area contributed by atoms with Crippen molar-refractivity contribution in [3.05, 3.63) is 40.4 Å². The predicted octanol–water partition coefficient (Wildman–Crippen LogP) is 2.95. The summed E-state index contributed by atoms with van der Waals surface area (Å²) in [5, 5.41) is 9.39. The van der Waals surface area contributed by atoms with Crippen molar-refractivity contribution in [3.8, 4) is 0 Å². The van der Waals surface area contributed by atoms with Crippen molar-refractivity contribution in [1.82, 2.24) is 10.2 Å². The summed E-state index contributed by atoms with van der Waals surface area (Å²) < 4.78 is 0.986. The van der Waals surface area contributed by atoms with Gasteiger partial charge in [-0.3, -0.25) is 0 Å². The lowest BCUT2D eigenvalue weighted by atomic mass is 10.1. The minimum atomic E-state index is 0.252. The largest absolute Gasteiger partial charge is 0.329 e. The summed E-state index contributed by atoms with van der Waals surface area (Å²) in [6, 6.07) is 8.46. The molecular weight excluding hydrogens is 250 g/mol. The number of benzene rings is 1. The molecule has 17 heavy (non-hydrogen) atoms. The Labute approximate surface area is 109 Å². The monoisotopic (exact) mass is 265 g/mol. The first-order valence-corrected chi connectivity index (χ1v) is 7.12. The molecule has 0 aliphatic carbocycles. The molecule has 0 aliphatic heterocycles. The van der Waals surface area contributed by atoms with Gasteiger partial charge in [-0.15, -0.1) is 10.2 Å². The van der Waals surface area contributed by atoms with E-state index in [0.717, 1.165) is 9.35 Å². The topological polar surface area (TPSA) is 51.8 Å². The summed E-state index contributed by atoms with van der Waals surface area (Å²) in [4.78, 5) is 0. The molecule has 2 aromatic rings. The highest BCUT2D eigenvalue weighted by Crippen LogP contribution is 2.35. The lowest BCUT2D eigenvalue weighted by molar-refractivity contribution is 0.926. The van der Waals surface area contributed by atoms with Crippen molar-refractivity contribution in [2.24, 2.45) is 5.73 Å². The maximum atomic E-state index is 5.85. The molecule has 2 rings (SSSR count). The molecule has 0 amide bonds. The quantitative estimate of drug-likeness (QED) is 0.864. The van der Waals surface area contributed by atoms with Crippen LogP contribution in [0.4, 0.5) is 0 Å². The summed E-state index contributed by atoms with van der Waals surface area (Å²) in [7, 11) is 0. The highest BCUT2D eigenvalue weighted by Gasteiger charge is 2.14. The van der Waals surface area contributed by atoms with Crippen LogP contribution < -0.4 is 5.73 Å². The number of aryl methyl sites for hydroxylation is 2. The van der Waals surface area contributed by atoms with Crippen LogP contribution in [-0.2, 0) is 0 Å². The maximum absolute atomic E-state index is 5.85. The van der Waals surface area contributed by atoms with Crippen molar-refractivity contribution in [3.63, 3.8) is 0 Å². The Kier molecular flexibility index (Phi) is 4.15. The minimum absolute atomic E-state index is 0.252. The summed E-state index contributed by atoms with van der Waals surface area (Å²) in [6.07, 6.45) is 0. The van der Waals surface area contributed by atoms with Gasteiger partial charge < -0.3 is 5.73 Å². The van der Waals surface area contributed by atoms with Crippen LogP contribution in [0.25, 0.3) is 0 Å². The van der Waals surface area contributed by atoms with E-state index < -0.39 is 0 Å². The Morgan fingerprint density at radius 3 is 2.76 bits per heavy atom. The van der Waals surface area contributed by atoms with E-state index in [1.54, 1.807) is 23.1 Å². The van der Waals surface area contributed by atoms with E-state index in [2.05, 4.69) is 41.4 Å². The Morgan fingerprint density at radius 2 is 2.18 bits per heavy atom. The molecule has 0 saturated carbocycles. The summed E-state index contributed by atoms with van der Waals surface area (Å²) in [6.45, 7) is 4.66. The molecule has 1 heterocycles. The molecule has 3 nitrogen and oxygen atoms in total. The average molecular weight is 265 g/mol. The molecule has 90 valence electrons.